The number of hydrogen-bond donors (Lipinski definition) is 0. The van der Waals surface area contributed by atoms with Gasteiger partial charge in [0.25, 0.3) is 0 Å². The topological polar surface area (TPSA) is 42.4 Å². The van der Waals surface area contributed by atoms with Crippen LogP contribution in [0, 0.1) is 12.7 Å². The van der Waals surface area contributed by atoms with E-state index in [0.29, 0.717) is 24.4 Å². The van der Waals surface area contributed by atoms with Crippen LogP contribution in [0.2, 0.25) is 0 Å². The Balaban J connectivity index is 1.81. The molecule has 0 spiro atoms. The number of benzene rings is 1. The molecule has 0 N–H and O–H groups in total. The fourth-order valence-corrected chi connectivity index (χ4v) is 2.76. The summed E-state index contributed by atoms with van der Waals surface area (Å²) in [6, 6.07) is 7.10. The number of halogens is 1. The highest BCUT2D eigenvalue weighted by molar-refractivity contribution is 5.87. The van der Waals surface area contributed by atoms with Crippen LogP contribution in [-0.2, 0) is 17.7 Å². The molecule has 0 bridgehead atoms. The molecule has 2 aromatic rings. The second-order valence-corrected chi connectivity index (χ2v) is 5.66. The van der Waals surface area contributed by atoms with E-state index in [1.54, 1.807) is 38.2 Å². The number of fused-ring (bicyclic) bond motifs is 1. The molecule has 1 aromatic heterocycles. The third kappa shape index (κ3) is 3.18. The van der Waals surface area contributed by atoms with Crippen molar-refractivity contribution in [3.63, 3.8) is 0 Å². The van der Waals surface area contributed by atoms with Crippen LogP contribution in [0.4, 0.5) is 10.1 Å². The van der Waals surface area contributed by atoms with Crippen molar-refractivity contribution in [2.45, 2.75) is 26.8 Å². The average molecular weight is 314 g/mol. The highest BCUT2D eigenvalue weighted by Crippen LogP contribution is 2.26. The molecule has 1 aromatic carbocycles. The van der Waals surface area contributed by atoms with Gasteiger partial charge in [-0.1, -0.05) is 6.07 Å². The molecule has 4 nitrogen and oxygen atoms in total. The normalized spacial score (nSPS) is 13.6. The van der Waals surface area contributed by atoms with Gasteiger partial charge in [-0.3, -0.25) is 0 Å². The molecule has 0 saturated carbocycles. The minimum absolute atomic E-state index is 0.191. The Morgan fingerprint density at radius 1 is 1.35 bits per heavy atom. The molecule has 1 aliphatic heterocycles. The van der Waals surface area contributed by atoms with Crippen molar-refractivity contribution in [2.24, 2.45) is 0 Å². The van der Waals surface area contributed by atoms with Gasteiger partial charge >= 0.3 is 5.97 Å². The number of aromatic nitrogens is 1. The lowest BCUT2D eigenvalue weighted by molar-refractivity contribution is 0.0519. The molecule has 1 aliphatic rings. The molecule has 0 aliphatic carbocycles. The summed E-state index contributed by atoms with van der Waals surface area (Å²) in [5, 5.41) is 0. The van der Waals surface area contributed by atoms with Gasteiger partial charge in [0.2, 0.25) is 0 Å². The number of anilines is 1. The Morgan fingerprint density at radius 3 is 2.91 bits per heavy atom. The molecule has 0 saturated heterocycles. The monoisotopic (exact) mass is 314 g/mol. The summed E-state index contributed by atoms with van der Waals surface area (Å²) in [5.74, 6) is -0.581. The maximum atomic E-state index is 13.8. The maximum absolute atomic E-state index is 13.8. The van der Waals surface area contributed by atoms with Crippen LogP contribution in [0.5, 0.6) is 0 Å². The van der Waals surface area contributed by atoms with Crippen molar-refractivity contribution in [2.75, 3.05) is 18.1 Å². The lowest BCUT2D eigenvalue weighted by Gasteiger charge is -2.30. The van der Waals surface area contributed by atoms with Gasteiger partial charge < -0.3 is 9.64 Å². The molecular weight excluding hydrogens is 295 g/mol. The number of esters is 1. The van der Waals surface area contributed by atoms with Crippen LogP contribution in [-0.4, -0.2) is 24.1 Å². The second kappa shape index (κ2) is 6.36. The van der Waals surface area contributed by atoms with Crippen molar-refractivity contribution in [1.29, 1.82) is 0 Å². The zero-order valence-electron chi connectivity index (χ0n) is 13.3. The van der Waals surface area contributed by atoms with E-state index >= 15 is 0 Å². The van der Waals surface area contributed by atoms with Gasteiger partial charge in [0.15, 0.2) is 0 Å². The van der Waals surface area contributed by atoms with Crippen LogP contribution in [0.15, 0.2) is 30.5 Å². The molecule has 2 heterocycles. The molecule has 0 fully saturated rings. The summed E-state index contributed by atoms with van der Waals surface area (Å²) in [6.45, 7) is 5.31. The minimum Gasteiger partial charge on any atom is -0.461 e. The van der Waals surface area contributed by atoms with Crippen LogP contribution in [0.25, 0.3) is 0 Å². The number of pyridine rings is 1. The van der Waals surface area contributed by atoms with Crippen LogP contribution in [0.1, 0.15) is 34.1 Å². The second-order valence-electron chi connectivity index (χ2n) is 5.66. The lowest BCUT2D eigenvalue weighted by atomic mass is 10.00. The number of aryl methyl sites for hydroxylation is 1. The number of hydrogen-bond acceptors (Lipinski definition) is 4. The van der Waals surface area contributed by atoms with Gasteiger partial charge in [-0.2, -0.15) is 0 Å². The Labute approximate surface area is 134 Å². The van der Waals surface area contributed by atoms with Gasteiger partial charge in [0.05, 0.1) is 6.61 Å². The number of carbonyl (C=O) groups excluding carboxylic acids is 1. The molecule has 0 unspecified atom stereocenters. The third-order valence-electron chi connectivity index (χ3n) is 4.10. The first-order chi connectivity index (χ1) is 11.1. The SMILES string of the molecule is CCOC(=O)c1cc2c(cn1)CN(c1ccc(C)c(F)c1)CC2. The highest BCUT2D eigenvalue weighted by Gasteiger charge is 2.20. The molecule has 120 valence electrons. The molecule has 3 rings (SSSR count). The largest absolute Gasteiger partial charge is 0.461 e. The first kappa shape index (κ1) is 15.5. The van der Waals surface area contributed by atoms with Crippen molar-refractivity contribution in [3.8, 4) is 0 Å². The van der Waals surface area contributed by atoms with E-state index in [0.717, 1.165) is 29.8 Å². The van der Waals surface area contributed by atoms with Gasteiger partial charge in [-0.05, 0) is 55.2 Å². The first-order valence-electron chi connectivity index (χ1n) is 7.74. The zero-order chi connectivity index (χ0) is 16.4. The molecule has 0 radical (unpaired) electrons. The molecule has 0 amide bonds. The molecule has 23 heavy (non-hydrogen) atoms. The van der Waals surface area contributed by atoms with E-state index in [9.17, 15) is 9.18 Å². The summed E-state index contributed by atoms with van der Waals surface area (Å²) >= 11 is 0. The van der Waals surface area contributed by atoms with Gasteiger partial charge in [0, 0.05) is 25.0 Å². The smallest absolute Gasteiger partial charge is 0.356 e. The summed E-state index contributed by atoms with van der Waals surface area (Å²) in [6.07, 6.45) is 2.51. The first-order valence-corrected chi connectivity index (χ1v) is 7.74. The minimum atomic E-state index is -0.390. The lowest BCUT2D eigenvalue weighted by Crippen LogP contribution is -2.31. The Bertz CT molecular complexity index is 746. The predicted molar refractivity (Wildman–Crippen MR) is 86.1 cm³/mol. The van der Waals surface area contributed by atoms with Crippen molar-refractivity contribution < 1.29 is 13.9 Å². The van der Waals surface area contributed by atoms with E-state index in [1.807, 2.05) is 6.07 Å². The van der Waals surface area contributed by atoms with Crippen LogP contribution >= 0.6 is 0 Å². The number of carbonyl (C=O) groups is 1. The van der Waals surface area contributed by atoms with Gasteiger partial charge in [-0.25, -0.2) is 14.2 Å². The molecule has 5 heteroatoms. The molecule has 0 atom stereocenters. The Hall–Kier alpha value is -2.43. The Morgan fingerprint density at radius 2 is 2.17 bits per heavy atom. The predicted octanol–water partition coefficient (Wildman–Crippen LogP) is 3.27. The summed E-state index contributed by atoms with van der Waals surface area (Å²) in [5.41, 5.74) is 4.03. The van der Waals surface area contributed by atoms with E-state index in [1.165, 1.54) is 0 Å². The average Bonchev–Trinajstić information content (AvgIpc) is 2.56. The summed E-state index contributed by atoms with van der Waals surface area (Å²) in [7, 11) is 0. The van der Waals surface area contributed by atoms with Gasteiger partial charge in [0.1, 0.15) is 11.5 Å². The zero-order valence-corrected chi connectivity index (χ0v) is 13.3. The number of ether oxygens (including phenoxy) is 1. The van der Waals surface area contributed by atoms with E-state index in [2.05, 4.69) is 9.88 Å². The van der Waals surface area contributed by atoms with Crippen molar-refractivity contribution >= 4 is 11.7 Å². The van der Waals surface area contributed by atoms with Crippen LogP contribution < -0.4 is 4.90 Å². The van der Waals surface area contributed by atoms with E-state index < -0.39 is 5.97 Å². The fraction of sp³-hybridized carbons (Fsp3) is 0.333. The number of nitrogens with zero attached hydrogens (tertiary/aromatic N) is 2. The summed E-state index contributed by atoms with van der Waals surface area (Å²) in [4.78, 5) is 18.1. The standard InChI is InChI=1S/C18H19FN2O2/c1-3-23-18(22)17-8-13-6-7-21(11-14(13)10-20-17)15-5-4-12(2)16(19)9-15/h4-5,8-10H,3,6-7,11H2,1-2H3. The Kier molecular flexibility index (Phi) is 4.28. The third-order valence-corrected chi connectivity index (χ3v) is 4.10. The summed E-state index contributed by atoms with van der Waals surface area (Å²) < 4.78 is 18.7. The van der Waals surface area contributed by atoms with E-state index in [4.69, 9.17) is 4.74 Å². The quantitative estimate of drug-likeness (QED) is 0.816. The highest BCUT2D eigenvalue weighted by atomic mass is 19.1. The van der Waals surface area contributed by atoms with Crippen molar-refractivity contribution in [1.82, 2.24) is 4.98 Å². The number of rotatable bonds is 3. The van der Waals surface area contributed by atoms with Crippen molar-refractivity contribution in [3.05, 3.63) is 58.7 Å². The molecular formula is C18H19FN2O2. The fourth-order valence-electron chi connectivity index (χ4n) is 2.76. The van der Waals surface area contributed by atoms with Gasteiger partial charge in [-0.15, -0.1) is 0 Å². The van der Waals surface area contributed by atoms with E-state index in [-0.39, 0.29) is 5.82 Å². The maximum Gasteiger partial charge on any atom is 0.356 e. The van der Waals surface area contributed by atoms with Crippen LogP contribution in [0.3, 0.4) is 0 Å².